The molecule has 0 saturated carbocycles. The Labute approximate surface area is 184 Å². The highest BCUT2D eigenvalue weighted by Crippen LogP contribution is 2.18. The highest BCUT2D eigenvalue weighted by atomic mass is 16.5. The highest BCUT2D eigenvalue weighted by molar-refractivity contribution is 5.99. The Hall–Kier alpha value is -2.87. The van der Waals surface area contributed by atoms with Crippen LogP contribution >= 0.6 is 0 Å². The van der Waals surface area contributed by atoms with Crippen LogP contribution < -0.4 is 10.1 Å². The number of ether oxygens (including phenoxy) is 1. The fourth-order valence-electron chi connectivity index (χ4n) is 3.42. The first-order chi connectivity index (χ1) is 14.9. The molecule has 0 aliphatic heterocycles. The molecule has 8 nitrogen and oxygen atoms in total. The molecule has 0 fully saturated rings. The summed E-state index contributed by atoms with van der Waals surface area (Å²) in [5.74, 6) is 1.01. The number of aromatic nitrogens is 1. The molecule has 2 rings (SSSR count). The monoisotopic (exact) mass is 430 g/mol. The fourth-order valence-corrected chi connectivity index (χ4v) is 3.42. The van der Waals surface area contributed by atoms with Gasteiger partial charge in [0.25, 0.3) is 5.91 Å². The minimum atomic E-state index is -0.319. The minimum Gasteiger partial charge on any atom is -0.497 e. The summed E-state index contributed by atoms with van der Waals surface area (Å²) in [5, 5.41) is 6.49. The maximum atomic E-state index is 13.3. The number of benzene rings is 1. The molecule has 0 unspecified atom stereocenters. The predicted molar refractivity (Wildman–Crippen MR) is 120 cm³/mol. The van der Waals surface area contributed by atoms with E-state index in [9.17, 15) is 9.59 Å². The number of hydrogen-bond acceptors (Lipinski definition) is 6. The van der Waals surface area contributed by atoms with Crippen LogP contribution in [0.4, 0.5) is 5.82 Å². The van der Waals surface area contributed by atoms with Crippen LogP contribution in [0, 0.1) is 6.92 Å². The number of anilines is 1. The summed E-state index contributed by atoms with van der Waals surface area (Å²) in [6.45, 7) is 10.9. The number of amides is 2. The first kappa shape index (κ1) is 24.4. The Morgan fingerprint density at radius 3 is 2.58 bits per heavy atom. The molecule has 2 aromatic rings. The lowest BCUT2D eigenvalue weighted by atomic mass is 10.1. The van der Waals surface area contributed by atoms with Crippen LogP contribution in [0.15, 0.2) is 34.9 Å². The molecule has 2 amide bonds. The summed E-state index contributed by atoms with van der Waals surface area (Å²) in [6, 6.07) is 8.51. The van der Waals surface area contributed by atoms with E-state index in [1.54, 1.807) is 49.3 Å². The summed E-state index contributed by atoms with van der Waals surface area (Å²) in [7, 11) is 1.56. The third-order valence-electron chi connectivity index (χ3n) is 5.31. The van der Waals surface area contributed by atoms with Crippen LogP contribution in [-0.4, -0.2) is 66.1 Å². The summed E-state index contributed by atoms with van der Waals surface area (Å²) in [4.78, 5) is 29.9. The van der Waals surface area contributed by atoms with E-state index in [1.807, 2.05) is 6.92 Å². The zero-order valence-corrected chi connectivity index (χ0v) is 19.2. The van der Waals surface area contributed by atoms with Gasteiger partial charge in [-0.15, -0.1) is 0 Å². The van der Waals surface area contributed by atoms with Crippen molar-refractivity contribution in [2.75, 3.05) is 38.6 Å². The molecule has 0 radical (unpaired) electrons. The van der Waals surface area contributed by atoms with Gasteiger partial charge in [-0.2, -0.15) is 0 Å². The molecule has 0 aliphatic carbocycles. The van der Waals surface area contributed by atoms with Crippen molar-refractivity contribution in [1.82, 2.24) is 15.0 Å². The number of carbonyl (C=O) groups excluding carboxylic acids is 2. The normalized spacial score (nSPS) is 11.9. The van der Waals surface area contributed by atoms with E-state index in [-0.39, 0.29) is 24.4 Å². The molecular formula is C23H34N4O4. The Balaban J connectivity index is 2.12. The molecule has 1 heterocycles. The van der Waals surface area contributed by atoms with Gasteiger partial charge >= 0.3 is 0 Å². The lowest BCUT2D eigenvalue weighted by Gasteiger charge is -2.29. The van der Waals surface area contributed by atoms with Crippen molar-refractivity contribution in [3.05, 3.63) is 41.7 Å². The van der Waals surface area contributed by atoms with Crippen LogP contribution in [0.25, 0.3) is 0 Å². The fraction of sp³-hybridized carbons (Fsp3) is 0.522. The lowest BCUT2D eigenvalue weighted by molar-refractivity contribution is -0.117. The van der Waals surface area contributed by atoms with Crippen molar-refractivity contribution in [3.63, 3.8) is 0 Å². The largest absolute Gasteiger partial charge is 0.497 e. The number of nitrogens with zero attached hydrogens (tertiary/aromatic N) is 3. The van der Waals surface area contributed by atoms with Gasteiger partial charge in [0.1, 0.15) is 18.1 Å². The van der Waals surface area contributed by atoms with Gasteiger partial charge in [-0.1, -0.05) is 25.1 Å². The Kier molecular flexibility index (Phi) is 9.52. The topological polar surface area (TPSA) is 87.9 Å². The van der Waals surface area contributed by atoms with Crippen molar-refractivity contribution in [2.45, 2.75) is 46.6 Å². The second-order valence-electron chi connectivity index (χ2n) is 7.55. The molecule has 0 spiro atoms. The molecule has 1 N–H and O–H groups in total. The van der Waals surface area contributed by atoms with Gasteiger partial charge in [0.2, 0.25) is 5.91 Å². The average molecular weight is 431 g/mol. The molecule has 31 heavy (non-hydrogen) atoms. The second kappa shape index (κ2) is 12.1. The molecule has 0 bridgehead atoms. The van der Waals surface area contributed by atoms with Gasteiger partial charge in [-0.25, -0.2) is 0 Å². The number of methoxy groups -OCH3 is 1. The van der Waals surface area contributed by atoms with Crippen molar-refractivity contribution < 1.29 is 18.8 Å². The zero-order chi connectivity index (χ0) is 22.8. The van der Waals surface area contributed by atoms with Gasteiger partial charge in [0.15, 0.2) is 5.82 Å². The van der Waals surface area contributed by atoms with Crippen molar-refractivity contribution >= 4 is 17.6 Å². The van der Waals surface area contributed by atoms with E-state index < -0.39 is 0 Å². The molecule has 1 atom stereocenters. The van der Waals surface area contributed by atoms with Crippen LogP contribution in [-0.2, 0) is 4.79 Å². The Morgan fingerprint density at radius 1 is 1.23 bits per heavy atom. The van der Waals surface area contributed by atoms with Crippen LogP contribution in [0.5, 0.6) is 5.75 Å². The second-order valence-corrected chi connectivity index (χ2v) is 7.55. The molecule has 170 valence electrons. The minimum absolute atomic E-state index is 0.0750. The molecule has 8 heteroatoms. The van der Waals surface area contributed by atoms with Crippen molar-refractivity contribution in [3.8, 4) is 5.75 Å². The van der Waals surface area contributed by atoms with Crippen LogP contribution in [0.3, 0.4) is 0 Å². The quantitative estimate of drug-likeness (QED) is 0.554. The smallest absolute Gasteiger partial charge is 0.254 e. The molecule has 1 aromatic heterocycles. The van der Waals surface area contributed by atoms with E-state index in [2.05, 4.69) is 29.2 Å². The van der Waals surface area contributed by atoms with Gasteiger partial charge in [-0.05, 0) is 64.5 Å². The van der Waals surface area contributed by atoms with E-state index in [1.165, 1.54) is 0 Å². The summed E-state index contributed by atoms with van der Waals surface area (Å²) in [6.07, 6.45) is 1.73. The average Bonchev–Trinajstić information content (AvgIpc) is 3.18. The van der Waals surface area contributed by atoms with Crippen molar-refractivity contribution in [1.29, 1.82) is 0 Å². The third kappa shape index (κ3) is 7.40. The van der Waals surface area contributed by atoms with Gasteiger partial charge < -0.3 is 24.4 Å². The maximum absolute atomic E-state index is 13.3. The highest BCUT2D eigenvalue weighted by Gasteiger charge is 2.25. The molecule has 0 saturated heterocycles. The Morgan fingerprint density at radius 2 is 1.97 bits per heavy atom. The van der Waals surface area contributed by atoms with E-state index in [0.29, 0.717) is 22.9 Å². The molecule has 1 aromatic carbocycles. The maximum Gasteiger partial charge on any atom is 0.254 e. The van der Waals surface area contributed by atoms with E-state index in [0.717, 1.165) is 32.5 Å². The van der Waals surface area contributed by atoms with Gasteiger partial charge in [0.05, 0.1) is 7.11 Å². The molecular weight excluding hydrogens is 396 g/mol. The lowest BCUT2D eigenvalue weighted by Crippen LogP contribution is -2.44. The summed E-state index contributed by atoms with van der Waals surface area (Å²) < 4.78 is 10.2. The number of hydrogen-bond donors (Lipinski definition) is 1. The SMILES string of the molecule is CCN(CC)CCC[C@@H](C)N(CC(=O)Nc1cc(C)on1)C(=O)c1cccc(OC)c1. The third-order valence-corrected chi connectivity index (χ3v) is 5.31. The number of nitrogens with one attached hydrogen (secondary N) is 1. The first-order valence-electron chi connectivity index (χ1n) is 10.8. The summed E-state index contributed by atoms with van der Waals surface area (Å²) >= 11 is 0. The van der Waals surface area contributed by atoms with Gasteiger partial charge in [-0.3, -0.25) is 9.59 Å². The van der Waals surface area contributed by atoms with E-state index >= 15 is 0 Å². The van der Waals surface area contributed by atoms with E-state index in [4.69, 9.17) is 9.26 Å². The van der Waals surface area contributed by atoms with Crippen LogP contribution in [0.1, 0.15) is 49.7 Å². The predicted octanol–water partition coefficient (Wildman–Crippen LogP) is 3.58. The molecule has 0 aliphatic rings. The van der Waals surface area contributed by atoms with Crippen LogP contribution in [0.2, 0.25) is 0 Å². The first-order valence-corrected chi connectivity index (χ1v) is 10.8. The standard InChI is InChI=1S/C23H34N4O4/c1-6-26(7-2)13-9-10-17(3)27(16-22(28)24-21-14-18(4)31-25-21)23(29)19-11-8-12-20(15-19)30-5/h8,11-12,14-15,17H,6-7,9-10,13,16H2,1-5H3,(H,24,25,28)/t17-/m1/s1. The number of carbonyl (C=O) groups is 2. The van der Waals surface area contributed by atoms with Gasteiger partial charge in [0, 0.05) is 17.7 Å². The number of rotatable bonds is 12. The number of aryl methyl sites for hydroxylation is 1. The summed E-state index contributed by atoms with van der Waals surface area (Å²) in [5.41, 5.74) is 0.486. The Bertz CT molecular complexity index is 848. The zero-order valence-electron chi connectivity index (χ0n) is 19.2. The van der Waals surface area contributed by atoms with Crippen molar-refractivity contribution in [2.24, 2.45) is 0 Å².